The molecule has 0 aliphatic heterocycles. The molecule has 1 saturated carbocycles. The molecule has 100 valence electrons. The van der Waals surface area contributed by atoms with Crippen molar-refractivity contribution in [3.8, 4) is 0 Å². The lowest BCUT2D eigenvalue weighted by Crippen LogP contribution is -2.31. The van der Waals surface area contributed by atoms with Crippen molar-refractivity contribution in [2.75, 3.05) is 13.2 Å². The smallest absolute Gasteiger partial charge is 0.336 e. The average molecular weight is 291 g/mol. The van der Waals surface area contributed by atoms with Gasteiger partial charge in [0.2, 0.25) is 10.0 Å². The predicted molar refractivity (Wildman–Crippen MR) is 65.2 cm³/mol. The van der Waals surface area contributed by atoms with Crippen molar-refractivity contribution in [1.29, 1.82) is 0 Å². The van der Waals surface area contributed by atoms with Crippen LogP contribution < -0.4 is 4.72 Å². The molecule has 0 saturated heterocycles. The number of carbonyl (C=O) groups is 1. The number of carboxylic acids is 1. The van der Waals surface area contributed by atoms with Crippen LogP contribution >= 0.6 is 11.3 Å². The van der Waals surface area contributed by atoms with Gasteiger partial charge in [0.05, 0.1) is 5.56 Å². The maximum atomic E-state index is 11.9. The summed E-state index contributed by atoms with van der Waals surface area (Å²) in [6.45, 7) is 0.145. The third kappa shape index (κ3) is 2.72. The molecule has 3 N–H and O–H groups in total. The van der Waals surface area contributed by atoms with E-state index in [1.54, 1.807) is 0 Å². The van der Waals surface area contributed by atoms with E-state index in [0.29, 0.717) is 0 Å². The Morgan fingerprint density at radius 2 is 2.17 bits per heavy atom. The van der Waals surface area contributed by atoms with Crippen molar-refractivity contribution >= 4 is 27.3 Å². The highest BCUT2D eigenvalue weighted by atomic mass is 32.2. The molecule has 0 aromatic carbocycles. The van der Waals surface area contributed by atoms with E-state index in [0.717, 1.165) is 30.2 Å². The number of aromatic carboxylic acids is 1. The SMILES string of the molecule is O=C(O)c1csc(S(=O)(=O)NCC2(CO)CC2)c1. The maximum absolute atomic E-state index is 11.9. The van der Waals surface area contributed by atoms with Crippen LogP contribution in [-0.2, 0) is 10.0 Å². The minimum Gasteiger partial charge on any atom is -0.478 e. The Labute approximate surface area is 108 Å². The van der Waals surface area contributed by atoms with Crippen molar-refractivity contribution in [2.45, 2.75) is 17.1 Å². The summed E-state index contributed by atoms with van der Waals surface area (Å²) < 4.78 is 26.2. The first kappa shape index (κ1) is 13.5. The molecule has 0 bridgehead atoms. The number of nitrogens with one attached hydrogen (secondary N) is 1. The average Bonchev–Trinajstić information content (AvgIpc) is 2.91. The molecule has 8 heteroatoms. The van der Waals surface area contributed by atoms with Crippen molar-refractivity contribution in [3.05, 3.63) is 17.0 Å². The monoisotopic (exact) mass is 291 g/mol. The highest BCUT2D eigenvalue weighted by Crippen LogP contribution is 2.44. The van der Waals surface area contributed by atoms with E-state index in [9.17, 15) is 13.2 Å². The zero-order chi connectivity index (χ0) is 13.4. The van der Waals surface area contributed by atoms with E-state index < -0.39 is 16.0 Å². The first-order chi connectivity index (χ1) is 8.38. The summed E-state index contributed by atoms with van der Waals surface area (Å²) in [7, 11) is -3.68. The molecule has 1 aliphatic rings. The van der Waals surface area contributed by atoms with Crippen LogP contribution in [0.3, 0.4) is 0 Å². The summed E-state index contributed by atoms with van der Waals surface area (Å²) in [5.41, 5.74) is -0.358. The molecular weight excluding hydrogens is 278 g/mol. The zero-order valence-corrected chi connectivity index (χ0v) is 11.1. The Kier molecular flexibility index (Phi) is 3.45. The van der Waals surface area contributed by atoms with Crippen LogP contribution in [0.5, 0.6) is 0 Å². The lowest BCUT2D eigenvalue weighted by molar-refractivity contribution is 0.0697. The van der Waals surface area contributed by atoms with E-state index in [2.05, 4.69) is 4.72 Å². The van der Waals surface area contributed by atoms with Crippen LogP contribution in [0.15, 0.2) is 15.7 Å². The van der Waals surface area contributed by atoms with Gasteiger partial charge in [0.25, 0.3) is 0 Å². The second-order valence-corrected chi connectivity index (χ2v) is 7.35. The van der Waals surface area contributed by atoms with Gasteiger partial charge in [-0.15, -0.1) is 11.3 Å². The molecule has 1 aromatic rings. The molecule has 6 nitrogen and oxygen atoms in total. The van der Waals surface area contributed by atoms with Crippen molar-refractivity contribution in [3.63, 3.8) is 0 Å². The second kappa shape index (κ2) is 4.61. The summed E-state index contributed by atoms with van der Waals surface area (Å²) in [6.07, 6.45) is 1.60. The topological polar surface area (TPSA) is 104 Å². The third-order valence-electron chi connectivity index (χ3n) is 3.02. The van der Waals surface area contributed by atoms with E-state index in [4.69, 9.17) is 10.2 Å². The lowest BCUT2D eigenvalue weighted by atomic mass is 10.1. The van der Waals surface area contributed by atoms with Gasteiger partial charge in [-0.25, -0.2) is 17.9 Å². The zero-order valence-electron chi connectivity index (χ0n) is 9.42. The third-order valence-corrected chi connectivity index (χ3v) is 5.86. The van der Waals surface area contributed by atoms with Crippen molar-refractivity contribution in [1.82, 2.24) is 4.72 Å². The molecule has 0 spiro atoms. The summed E-state index contributed by atoms with van der Waals surface area (Å²) in [6, 6.07) is 1.13. The van der Waals surface area contributed by atoms with Gasteiger partial charge in [0.15, 0.2) is 0 Å². The van der Waals surface area contributed by atoms with Gasteiger partial charge >= 0.3 is 5.97 Å². The first-order valence-electron chi connectivity index (χ1n) is 5.31. The van der Waals surface area contributed by atoms with Crippen molar-refractivity contribution < 1.29 is 23.4 Å². The number of hydrogen-bond donors (Lipinski definition) is 3. The van der Waals surface area contributed by atoms with Gasteiger partial charge < -0.3 is 10.2 Å². The fourth-order valence-electron chi connectivity index (χ4n) is 1.46. The van der Waals surface area contributed by atoms with Crippen molar-refractivity contribution in [2.24, 2.45) is 5.41 Å². The van der Waals surface area contributed by atoms with Crippen LogP contribution in [0.1, 0.15) is 23.2 Å². The normalized spacial score (nSPS) is 17.6. The molecular formula is C10H13NO5S2. The van der Waals surface area contributed by atoms with Gasteiger partial charge in [-0.05, 0) is 18.9 Å². The van der Waals surface area contributed by atoms with Crippen LogP contribution in [-0.4, -0.2) is 37.8 Å². The van der Waals surface area contributed by atoms with Gasteiger partial charge in [-0.2, -0.15) is 0 Å². The standard InChI is InChI=1S/C10H13NO5S2/c12-6-10(1-2-10)5-11-18(15,16)8-3-7(4-17-8)9(13)14/h3-4,11-12H,1-2,5-6H2,(H,13,14). The van der Waals surface area contributed by atoms with Crippen LogP contribution in [0.4, 0.5) is 0 Å². The highest BCUT2D eigenvalue weighted by Gasteiger charge is 2.42. The minimum absolute atomic E-state index is 0.0198. The largest absolute Gasteiger partial charge is 0.478 e. The molecule has 0 unspecified atom stereocenters. The van der Waals surface area contributed by atoms with E-state index in [1.807, 2.05) is 0 Å². The van der Waals surface area contributed by atoms with Gasteiger partial charge in [0, 0.05) is 23.9 Å². The highest BCUT2D eigenvalue weighted by molar-refractivity contribution is 7.91. The molecule has 1 aliphatic carbocycles. The van der Waals surface area contributed by atoms with Gasteiger partial charge in [-0.1, -0.05) is 0 Å². The Hall–Kier alpha value is -0.960. The molecule has 0 atom stereocenters. The number of hydrogen-bond acceptors (Lipinski definition) is 5. The molecule has 1 aromatic heterocycles. The first-order valence-corrected chi connectivity index (χ1v) is 7.67. The van der Waals surface area contributed by atoms with Crippen LogP contribution in [0, 0.1) is 5.41 Å². The fraction of sp³-hybridized carbons (Fsp3) is 0.500. The Morgan fingerprint density at radius 1 is 1.50 bits per heavy atom. The van der Waals surface area contributed by atoms with E-state index in [-0.39, 0.29) is 28.3 Å². The Balaban J connectivity index is 2.08. The quantitative estimate of drug-likeness (QED) is 0.708. The summed E-state index contributed by atoms with van der Waals surface area (Å²) in [4.78, 5) is 10.7. The van der Waals surface area contributed by atoms with Gasteiger partial charge in [-0.3, -0.25) is 0 Å². The maximum Gasteiger partial charge on any atom is 0.336 e. The van der Waals surface area contributed by atoms with E-state index in [1.165, 1.54) is 5.38 Å². The predicted octanol–water partition coefficient (Wildman–Crippen LogP) is 0.497. The number of sulfonamides is 1. The van der Waals surface area contributed by atoms with Crippen LogP contribution in [0.2, 0.25) is 0 Å². The lowest BCUT2D eigenvalue weighted by Gasteiger charge is -2.11. The molecule has 1 heterocycles. The fourth-order valence-corrected chi connectivity index (χ4v) is 3.81. The molecule has 0 amide bonds. The number of thiophene rings is 1. The summed E-state index contributed by atoms with van der Waals surface area (Å²) >= 11 is 0.870. The second-order valence-electron chi connectivity index (χ2n) is 4.44. The number of rotatable bonds is 6. The Bertz CT molecular complexity index is 559. The number of aliphatic hydroxyl groups excluding tert-OH is 1. The van der Waals surface area contributed by atoms with Crippen LogP contribution in [0.25, 0.3) is 0 Å². The minimum atomic E-state index is -3.68. The molecule has 2 rings (SSSR count). The number of carboxylic acid groups (broad SMARTS) is 1. The Morgan fingerprint density at radius 3 is 2.61 bits per heavy atom. The number of aliphatic hydroxyl groups is 1. The molecule has 18 heavy (non-hydrogen) atoms. The molecule has 1 fully saturated rings. The van der Waals surface area contributed by atoms with E-state index >= 15 is 0 Å². The molecule has 0 radical (unpaired) electrons. The summed E-state index contributed by atoms with van der Waals surface area (Å²) in [5.74, 6) is -1.15. The summed E-state index contributed by atoms with van der Waals surface area (Å²) in [5, 5.41) is 19.1. The van der Waals surface area contributed by atoms with Gasteiger partial charge in [0.1, 0.15) is 4.21 Å².